The number of rotatable bonds is 6. The summed E-state index contributed by atoms with van der Waals surface area (Å²) < 4.78 is 10.0. The third kappa shape index (κ3) is 4.02. The molecule has 2 saturated carbocycles. The molecule has 4 nitrogen and oxygen atoms in total. The average molecular weight is 240 g/mol. The predicted molar refractivity (Wildman–Crippen MR) is 61.2 cm³/mol. The minimum atomic E-state index is -0.449. The molecule has 0 radical (unpaired) electrons. The summed E-state index contributed by atoms with van der Waals surface area (Å²) in [5.74, 6) is 0.140. The lowest BCUT2D eigenvalue weighted by molar-refractivity contribution is -0.156. The van der Waals surface area contributed by atoms with Crippen LogP contribution in [-0.4, -0.2) is 25.2 Å². The molecule has 2 aliphatic rings. The van der Waals surface area contributed by atoms with Crippen molar-refractivity contribution in [3.05, 3.63) is 0 Å². The molecule has 0 aromatic heterocycles. The summed E-state index contributed by atoms with van der Waals surface area (Å²) in [6.45, 7) is 0.934. The van der Waals surface area contributed by atoms with Gasteiger partial charge in [0.2, 0.25) is 0 Å². The maximum Gasteiger partial charge on any atom is 0.317 e. The van der Waals surface area contributed by atoms with Gasteiger partial charge in [-0.05, 0) is 37.5 Å². The molecular weight excluding hydrogens is 220 g/mol. The van der Waals surface area contributed by atoms with Crippen molar-refractivity contribution < 1.29 is 19.1 Å². The molecule has 17 heavy (non-hydrogen) atoms. The topological polar surface area (TPSA) is 52.6 Å². The van der Waals surface area contributed by atoms with Gasteiger partial charge in [-0.2, -0.15) is 0 Å². The average Bonchev–Trinajstić information content (AvgIpc) is 2.12. The standard InChI is InChI=1S/C13H20O4/c14-12(16-8-10-3-1-4-10)7-13(15)17-9-11-5-2-6-11/h10-11H,1-9H2. The van der Waals surface area contributed by atoms with E-state index in [2.05, 4.69) is 0 Å². The largest absolute Gasteiger partial charge is 0.465 e. The summed E-state index contributed by atoms with van der Waals surface area (Å²) in [6, 6.07) is 0. The van der Waals surface area contributed by atoms with E-state index in [-0.39, 0.29) is 6.42 Å². The molecule has 0 unspecified atom stereocenters. The number of esters is 2. The van der Waals surface area contributed by atoms with Crippen LogP contribution in [0.15, 0.2) is 0 Å². The van der Waals surface area contributed by atoms with Crippen LogP contribution in [0, 0.1) is 11.8 Å². The Kier molecular flexibility index (Phi) is 4.40. The molecule has 0 aliphatic heterocycles. The van der Waals surface area contributed by atoms with Crippen LogP contribution < -0.4 is 0 Å². The molecule has 0 heterocycles. The third-order valence-electron chi connectivity index (χ3n) is 3.70. The van der Waals surface area contributed by atoms with Crippen LogP contribution in [0.1, 0.15) is 44.9 Å². The number of hydrogen-bond acceptors (Lipinski definition) is 4. The summed E-state index contributed by atoms with van der Waals surface area (Å²) in [6.07, 6.45) is 6.77. The van der Waals surface area contributed by atoms with Crippen molar-refractivity contribution in [2.45, 2.75) is 44.9 Å². The van der Waals surface area contributed by atoms with E-state index >= 15 is 0 Å². The Labute approximate surface area is 102 Å². The summed E-state index contributed by atoms with van der Waals surface area (Å²) in [5, 5.41) is 0. The van der Waals surface area contributed by atoms with Crippen LogP contribution in [0.4, 0.5) is 0 Å². The number of carbonyl (C=O) groups is 2. The highest BCUT2D eigenvalue weighted by Gasteiger charge is 2.22. The predicted octanol–water partition coefficient (Wildman–Crippen LogP) is 2.06. The van der Waals surface area contributed by atoms with Gasteiger partial charge in [-0.15, -0.1) is 0 Å². The molecule has 0 bridgehead atoms. The second-order valence-electron chi connectivity index (χ2n) is 5.14. The zero-order valence-corrected chi connectivity index (χ0v) is 10.2. The highest BCUT2D eigenvalue weighted by molar-refractivity contribution is 5.91. The smallest absolute Gasteiger partial charge is 0.317 e. The van der Waals surface area contributed by atoms with Crippen LogP contribution in [0.3, 0.4) is 0 Å². The fraction of sp³-hybridized carbons (Fsp3) is 0.846. The van der Waals surface area contributed by atoms with E-state index in [1.807, 2.05) is 0 Å². The first kappa shape index (κ1) is 12.4. The zero-order valence-electron chi connectivity index (χ0n) is 10.2. The molecule has 0 aromatic rings. The van der Waals surface area contributed by atoms with Crippen molar-refractivity contribution in [3.63, 3.8) is 0 Å². The highest BCUT2D eigenvalue weighted by atomic mass is 16.6. The Morgan fingerprint density at radius 2 is 1.24 bits per heavy atom. The quantitative estimate of drug-likeness (QED) is 0.527. The minimum absolute atomic E-state index is 0.237. The Bertz CT molecular complexity index is 251. The first-order chi connectivity index (χ1) is 8.24. The zero-order chi connectivity index (χ0) is 12.1. The Morgan fingerprint density at radius 3 is 1.53 bits per heavy atom. The van der Waals surface area contributed by atoms with E-state index in [1.165, 1.54) is 12.8 Å². The lowest BCUT2D eigenvalue weighted by atomic mass is 9.86. The number of hydrogen-bond donors (Lipinski definition) is 0. The summed E-state index contributed by atoms with van der Waals surface area (Å²) >= 11 is 0. The highest BCUT2D eigenvalue weighted by Crippen LogP contribution is 2.27. The molecule has 0 amide bonds. The molecule has 0 atom stereocenters. The van der Waals surface area contributed by atoms with E-state index in [9.17, 15) is 9.59 Å². The van der Waals surface area contributed by atoms with E-state index in [0.29, 0.717) is 25.0 Å². The van der Waals surface area contributed by atoms with Gasteiger partial charge in [0.25, 0.3) is 0 Å². The van der Waals surface area contributed by atoms with Crippen molar-refractivity contribution >= 4 is 11.9 Å². The SMILES string of the molecule is O=C(CC(=O)OCC1CCC1)OCC1CCC1. The van der Waals surface area contributed by atoms with E-state index in [1.54, 1.807) is 0 Å². The lowest BCUT2D eigenvalue weighted by Gasteiger charge is -2.25. The van der Waals surface area contributed by atoms with Crippen molar-refractivity contribution in [3.8, 4) is 0 Å². The number of carbonyl (C=O) groups excluding carboxylic acids is 2. The van der Waals surface area contributed by atoms with Crippen molar-refractivity contribution in [2.75, 3.05) is 13.2 Å². The first-order valence-electron chi connectivity index (χ1n) is 6.55. The van der Waals surface area contributed by atoms with Crippen molar-refractivity contribution in [1.29, 1.82) is 0 Å². The van der Waals surface area contributed by atoms with Gasteiger partial charge in [-0.25, -0.2) is 0 Å². The van der Waals surface area contributed by atoms with Gasteiger partial charge in [-0.1, -0.05) is 12.8 Å². The van der Waals surface area contributed by atoms with Crippen LogP contribution in [0.2, 0.25) is 0 Å². The molecule has 2 aliphatic carbocycles. The minimum Gasteiger partial charge on any atom is -0.465 e. The van der Waals surface area contributed by atoms with Gasteiger partial charge < -0.3 is 9.47 Å². The molecule has 0 N–H and O–H groups in total. The Morgan fingerprint density at radius 1 is 0.824 bits per heavy atom. The molecule has 2 rings (SSSR count). The second kappa shape index (κ2) is 6.03. The molecule has 4 heteroatoms. The first-order valence-corrected chi connectivity index (χ1v) is 6.55. The van der Waals surface area contributed by atoms with Crippen LogP contribution in [0.5, 0.6) is 0 Å². The van der Waals surface area contributed by atoms with Gasteiger partial charge >= 0.3 is 11.9 Å². The lowest BCUT2D eigenvalue weighted by Crippen LogP contribution is -2.24. The van der Waals surface area contributed by atoms with Crippen LogP contribution in [0.25, 0.3) is 0 Å². The third-order valence-corrected chi connectivity index (χ3v) is 3.70. The molecule has 0 saturated heterocycles. The van der Waals surface area contributed by atoms with Gasteiger partial charge in [-0.3, -0.25) is 9.59 Å². The second-order valence-corrected chi connectivity index (χ2v) is 5.14. The maximum absolute atomic E-state index is 11.3. The summed E-state index contributed by atoms with van der Waals surface area (Å²) in [4.78, 5) is 22.6. The van der Waals surface area contributed by atoms with E-state index in [4.69, 9.17) is 9.47 Å². The molecular formula is C13H20O4. The van der Waals surface area contributed by atoms with Crippen LogP contribution in [-0.2, 0) is 19.1 Å². The Balaban J connectivity index is 1.51. The molecule has 0 aromatic carbocycles. The summed E-state index contributed by atoms with van der Waals surface area (Å²) in [5.41, 5.74) is 0. The van der Waals surface area contributed by atoms with Crippen LogP contribution >= 0.6 is 0 Å². The van der Waals surface area contributed by atoms with E-state index in [0.717, 1.165) is 25.7 Å². The van der Waals surface area contributed by atoms with Gasteiger partial charge in [0.1, 0.15) is 6.42 Å². The number of ether oxygens (including phenoxy) is 2. The van der Waals surface area contributed by atoms with E-state index < -0.39 is 11.9 Å². The van der Waals surface area contributed by atoms with Crippen molar-refractivity contribution in [2.24, 2.45) is 11.8 Å². The van der Waals surface area contributed by atoms with Gasteiger partial charge in [0, 0.05) is 0 Å². The fourth-order valence-electron chi connectivity index (χ4n) is 1.96. The fourth-order valence-corrected chi connectivity index (χ4v) is 1.96. The van der Waals surface area contributed by atoms with Gasteiger partial charge in [0.05, 0.1) is 13.2 Å². The van der Waals surface area contributed by atoms with Crippen molar-refractivity contribution in [1.82, 2.24) is 0 Å². The normalized spacial score (nSPS) is 20.2. The Hall–Kier alpha value is -1.06. The molecule has 96 valence electrons. The monoisotopic (exact) mass is 240 g/mol. The molecule has 0 spiro atoms. The molecule has 2 fully saturated rings. The summed E-state index contributed by atoms with van der Waals surface area (Å²) in [7, 11) is 0. The van der Waals surface area contributed by atoms with Gasteiger partial charge in [0.15, 0.2) is 0 Å². The maximum atomic E-state index is 11.3.